The predicted molar refractivity (Wildman–Crippen MR) is 80.6 cm³/mol. The summed E-state index contributed by atoms with van der Waals surface area (Å²) in [5, 5.41) is 10.8. The molecule has 1 N–H and O–H groups in total. The molecule has 0 aliphatic rings. The molecule has 0 radical (unpaired) electrons. The first-order chi connectivity index (χ1) is 9.24. The van der Waals surface area contributed by atoms with Crippen LogP contribution in [0.2, 0.25) is 0 Å². The maximum atomic E-state index is 10.8. The summed E-state index contributed by atoms with van der Waals surface area (Å²) >= 11 is 0. The highest BCUT2D eigenvalue weighted by Gasteiger charge is 2.23. The molecule has 0 aliphatic heterocycles. The molecule has 0 heterocycles. The van der Waals surface area contributed by atoms with Gasteiger partial charge in [-0.3, -0.25) is 0 Å². The second-order valence-corrected chi connectivity index (χ2v) is 4.53. The topological polar surface area (TPSA) is 20.2 Å². The Hall–Kier alpha value is -2.12. The van der Waals surface area contributed by atoms with E-state index in [0.29, 0.717) is 6.42 Å². The van der Waals surface area contributed by atoms with Crippen molar-refractivity contribution in [2.75, 3.05) is 0 Å². The van der Waals surface area contributed by atoms with E-state index in [1.165, 1.54) is 0 Å². The minimum atomic E-state index is -1.00. The zero-order valence-electron chi connectivity index (χ0n) is 10.9. The van der Waals surface area contributed by atoms with Crippen LogP contribution >= 0.6 is 0 Å². The largest absolute Gasteiger partial charge is 0.381 e. The lowest BCUT2D eigenvalue weighted by Gasteiger charge is -2.23. The minimum Gasteiger partial charge on any atom is -0.381 e. The zero-order valence-corrected chi connectivity index (χ0v) is 10.9. The summed E-state index contributed by atoms with van der Waals surface area (Å²) in [6.07, 6.45) is 6.00. The van der Waals surface area contributed by atoms with E-state index in [4.69, 9.17) is 0 Å². The Balaban J connectivity index is 2.30. The Morgan fingerprint density at radius 1 is 0.947 bits per heavy atom. The van der Waals surface area contributed by atoms with E-state index in [2.05, 4.69) is 6.58 Å². The lowest BCUT2D eigenvalue weighted by molar-refractivity contribution is 0.0938. The van der Waals surface area contributed by atoms with Crippen molar-refractivity contribution >= 4 is 6.08 Å². The molecule has 1 atom stereocenters. The third kappa shape index (κ3) is 3.43. The minimum absolute atomic E-state index is 0.486. The van der Waals surface area contributed by atoms with Gasteiger partial charge in [0.15, 0.2) is 0 Å². The van der Waals surface area contributed by atoms with E-state index in [-0.39, 0.29) is 0 Å². The molecule has 0 amide bonds. The number of rotatable bonds is 5. The van der Waals surface area contributed by atoms with Gasteiger partial charge in [0.05, 0.1) is 0 Å². The molecule has 2 rings (SSSR count). The fraction of sp³-hybridized carbons (Fsp3) is 0.111. The average molecular weight is 250 g/mol. The third-order valence-electron chi connectivity index (χ3n) is 3.08. The van der Waals surface area contributed by atoms with Crippen LogP contribution in [0.1, 0.15) is 17.5 Å². The summed E-state index contributed by atoms with van der Waals surface area (Å²) in [5.74, 6) is 0. The van der Waals surface area contributed by atoms with Crippen LogP contribution < -0.4 is 0 Å². The van der Waals surface area contributed by atoms with Gasteiger partial charge >= 0.3 is 0 Å². The van der Waals surface area contributed by atoms with Gasteiger partial charge in [0, 0.05) is 6.42 Å². The lowest BCUT2D eigenvalue weighted by atomic mass is 9.89. The van der Waals surface area contributed by atoms with Crippen LogP contribution in [0.25, 0.3) is 6.08 Å². The summed E-state index contributed by atoms with van der Waals surface area (Å²) in [4.78, 5) is 0. The van der Waals surface area contributed by atoms with E-state index in [9.17, 15) is 5.11 Å². The van der Waals surface area contributed by atoms with Crippen molar-refractivity contribution in [2.45, 2.75) is 12.0 Å². The Morgan fingerprint density at radius 3 is 2.11 bits per heavy atom. The molecular weight excluding hydrogens is 232 g/mol. The van der Waals surface area contributed by atoms with Gasteiger partial charge in [0.2, 0.25) is 0 Å². The molecule has 96 valence electrons. The second kappa shape index (κ2) is 6.17. The van der Waals surface area contributed by atoms with Gasteiger partial charge in [0.1, 0.15) is 5.60 Å². The molecule has 2 aromatic carbocycles. The number of benzene rings is 2. The Morgan fingerprint density at radius 2 is 1.53 bits per heavy atom. The Bertz CT molecular complexity index is 542. The quantitative estimate of drug-likeness (QED) is 0.790. The van der Waals surface area contributed by atoms with Gasteiger partial charge in [-0.25, -0.2) is 0 Å². The monoisotopic (exact) mass is 250 g/mol. The number of hydrogen-bond donors (Lipinski definition) is 1. The van der Waals surface area contributed by atoms with Gasteiger partial charge in [0.25, 0.3) is 0 Å². The maximum absolute atomic E-state index is 10.8. The fourth-order valence-electron chi connectivity index (χ4n) is 2.03. The molecule has 1 nitrogen and oxygen atoms in total. The second-order valence-electron chi connectivity index (χ2n) is 4.53. The summed E-state index contributed by atoms with van der Waals surface area (Å²) in [5.41, 5.74) is 0.946. The average Bonchev–Trinajstić information content (AvgIpc) is 2.48. The van der Waals surface area contributed by atoms with Crippen molar-refractivity contribution in [3.63, 3.8) is 0 Å². The molecule has 0 aliphatic carbocycles. The zero-order chi connectivity index (χ0) is 13.6. The molecule has 0 aromatic heterocycles. The fourth-order valence-corrected chi connectivity index (χ4v) is 2.03. The highest BCUT2D eigenvalue weighted by molar-refractivity contribution is 5.51. The van der Waals surface area contributed by atoms with Crippen LogP contribution in [0.4, 0.5) is 0 Å². The SMILES string of the molecule is C=CCC(O)(/C=C/c1ccccc1)c1ccccc1. The Kier molecular flexibility index (Phi) is 4.32. The highest BCUT2D eigenvalue weighted by Crippen LogP contribution is 2.27. The van der Waals surface area contributed by atoms with Crippen LogP contribution in [0, 0.1) is 0 Å². The van der Waals surface area contributed by atoms with Gasteiger partial charge in [-0.1, -0.05) is 72.8 Å². The molecule has 0 spiro atoms. The van der Waals surface area contributed by atoms with Gasteiger partial charge in [-0.15, -0.1) is 6.58 Å². The molecule has 0 saturated carbocycles. The first-order valence-electron chi connectivity index (χ1n) is 6.38. The van der Waals surface area contributed by atoms with Crippen LogP contribution in [0.3, 0.4) is 0 Å². The van der Waals surface area contributed by atoms with E-state index in [0.717, 1.165) is 11.1 Å². The molecule has 2 aromatic rings. The first-order valence-corrected chi connectivity index (χ1v) is 6.38. The summed E-state index contributed by atoms with van der Waals surface area (Å²) in [6, 6.07) is 19.6. The lowest BCUT2D eigenvalue weighted by Crippen LogP contribution is -2.21. The van der Waals surface area contributed by atoms with Crippen molar-refractivity contribution in [1.82, 2.24) is 0 Å². The van der Waals surface area contributed by atoms with E-state index in [1.807, 2.05) is 72.8 Å². The van der Waals surface area contributed by atoms with E-state index in [1.54, 1.807) is 6.08 Å². The number of aliphatic hydroxyl groups is 1. The summed E-state index contributed by atoms with van der Waals surface area (Å²) in [6.45, 7) is 3.73. The van der Waals surface area contributed by atoms with Crippen molar-refractivity contribution in [1.29, 1.82) is 0 Å². The van der Waals surface area contributed by atoms with Gasteiger partial charge < -0.3 is 5.11 Å². The third-order valence-corrected chi connectivity index (χ3v) is 3.08. The first kappa shape index (κ1) is 13.3. The van der Waals surface area contributed by atoms with E-state index < -0.39 is 5.60 Å². The molecule has 0 saturated heterocycles. The Labute approximate surface area is 114 Å². The maximum Gasteiger partial charge on any atom is 0.111 e. The molecular formula is C18H18O. The molecule has 0 bridgehead atoms. The summed E-state index contributed by atoms with van der Waals surface area (Å²) in [7, 11) is 0. The van der Waals surface area contributed by atoms with Gasteiger partial charge in [-0.05, 0) is 17.2 Å². The van der Waals surface area contributed by atoms with Crippen LogP contribution in [-0.4, -0.2) is 5.11 Å². The standard InChI is InChI=1S/C18H18O/c1-2-14-18(19,17-11-7-4-8-12-17)15-13-16-9-5-3-6-10-16/h2-13,15,19H,1,14H2/b15-13+. The summed E-state index contributed by atoms with van der Waals surface area (Å²) < 4.78 is 0. The van der Waals surface area contributed by atoms with Gasteiger partial charge in [-0.2, -0.15) is 0 Å². The predicted octanol–water partition coefficient (Wildman–Crippen LogP) is 4.16. The van der Waals surface area contributed by atoms with Crippen molar-refractivity contribution in [3.8, 4) is 0 Å². The molecule has 1 unspecified atom stereocenters. The molecule has 19 heavy (non-hydrogen) atoms. The highest BCUT2D eigenvalue weighted by atomic mass is 16.3. The van der Waals surface area contributed by atoms with Crippen LogP contribution in [-0.2, 0) is 5.60 Å². The smallest absolute Gasteiger partial charge is 0.111 e. The van der Waals surface area contributed by atoms with Crippen molar-refractivity contribution in [3.05, 3.63) is 90.5 Å². The molecule has 0 fully saturated rings. The van der Waals surface area contributed by atoms with Crippen molar-refractivity contribution in [2.24, 2.45) is 0 Å². The van der Waals surface area contributed by atoms with Crippen molar-refractivity contribution < 1.29 is 5.11 Å². The van der Waals surface area contributed by atoms with E-state index >= 15 is 0 Å². The normalized spacial score (nSPS) is 14.2. The van der Waals surface area contributed by atoms with Crippen LogP contribution in [0.5, 0.6) is 0 Å². The van der Waals surface area contributed by atoms with Crippen LogP contribution in [0.15, 0.2) is 79.4 Å². The molecule has 1 heteroatoms. The number of hydrogen-bond acceptors (Lipinski definition) is 1.